The molecule has 0 saturated heterocycles. The lowest BCUT2D eigenvalue weighted by Crippen LogP contribution is -1.98. The van der Waals surface area contributed by atoms with Crippen LogP contribution >= 0.6 is 61.7 Å². The van der Waals surface area contributed by atoms with Crippen molar-refractivity contribution in [2.24, 2.45) is 0 Å². The van der Waals surface area contributed by atoms with Crippen molar-refractivity contribution in [3.63, 3.8) is 0 Å². The first kappa shape index (κ1) is 15.4. The number of methoxy groups -OCH3 is 1. The van der Waals surface area contributed by atoms with E-state index in [1.165, 1.54) is 3.57 Å². The van der Waals surface area contributed by atoms with Gasteiger partial charge in [0.25, 0.3) is 0 Å². The zero-order valence-corrected chi connectivity index (χ0v) is 15.2. The zero-order valence-electron chi connectivity index (χ0n) is 9.96. The van der Waals surface area contributed by atoms with E-state index in [0.717, 1.165) is 15.6 Å². The summed E-state index contributed by atoms with van der Waals surface area (Å²) in [6.45, 7) is 0. The Labute approximate surface area is 144 Å². The molecular weight excluding hydrogens is 462 g/mol. The van der Waals surface area contributed by atoms with Crippen LogP contribution < -0.4 is 4.74 Å². The normalized spacial score (nSPS) is 12.3. The predicted octanol–water partition coefficient (Wildman–Crippen LogP) is 6.04. The second-order valence-corrected chi connectivity index (χ2v) is 6.90. The molecule has 2 aromatic rings. The third-order valence-electron chi connectivity index (χ3n) is 2.68. The fourth-order valence-corrected chi connectivity index (χ4v) is 3.46. The van der Waals surface area contributed by atoms with Gasteiger partial charge >= 0.3 is 0 Å². The highest BCUT2D eigenvalue weighted by Gasteiger charge is 2.18. The highest BCUT2D eigenvalue weighted by molar-refractivity contribution is 14.1. The van der Waals surface area contributed by atoms with E-state index in [4.69, 9.17) is 27.9 Å². The molecule has 5 heteroatoms. The van der Waals surface area contributed by atoms with Crippen LogP contribution in [0, 0.1) is 3.57 Å². The fourth-order valence-electron chi connectivity index (χ4n) is 1.80. The Balaban J connectivity index is 2.48. The maximum absolute atomic E-state index is 6.55. The summed E-state index contributed by atoms with van der Waals surface area (Å²) in [5, 5.41) is 0.320. The zero-order chi connectivity index (χ0) is 14.0. The third-order valence-corrected chi connectivity index (χ3v) is 4.69. The lowest BCUT2D eigenvalue weighted by Gasteiger charge is -2.16. The molecule has 0 radical (unpaired) electrons. The summed E-state index contributed by atoms with van der Waals surface area (Å²) in [6.07, 6.45) is 0. The average Bonchev–Trinajstić information content (AvgIpc) is 2.38. The van der Waals surface area contributed by atoms with Crippen molar-refractivity contribution in [1.82, 2.24) is 0 Å². The first-order chi connectivity index (χ1) is 9.02. The second kappa shape index (κ2) is 6.66. The number of benzene rings is 2. The number of hydrogen-bond acceptors (Lipinski definition) is 1. The lowest BCUT2D eigenvalue weighted by molar-refractivity contribution is 0.407. The van der Waals surface area contributed by atoms with Crippen molar-refractivity contribution in [3.8, 4) is 5.75 Å². The van der Waals surface area contributed by atoms with Crippen LogP contribution in [0.1, 0.15) is 16.5 Å². The maximum Gasteiger partial charge on any atom is 0.138 e. The van der Waals surface area contributed by atoms with Gasteiger partial charge in [0, 0.05) is 14.2 Å². The van der Waals surface area contributed by atoms with Crippen molar-refractivity contribution >= 4 is 61.7 Å². The molecule has 0 fully saturated rings. The predicted molar refractivity (Wildman–Crippen MR) is 92.6 cm³/mol. The van der Waals surface area contributed by atoms with Crippen LogP contribution in [0.3, 0.4) is 0 Å². The summed E-state index contributed by atoms with van der Waals surface area (Å²) in [5.41, 5.74) is 1.86. The monoisotopic (exact) mass is 470 g/mol. The molecule has 0 amide bonds. The van der Waals surface area contributed by atoms with Gasteiger partial charge in [-0.3, -0.25) is 0 Å². The number of ether oxygens (including phenoxy) is 1. The van der Waals surface area contributed by atoms with E-state index in [2.05, 4.69) is 38.5 Å². The molecule has 2 rings (SSSR count). The van der Waals surface area contributed by atoms with Crippen molar-refractivity contribution in [2.45, 2.75) is 5.38 Å². The number of halogens is 4. The number of alkyl halides is 1. The molecule has 1 atom stereocenters. The van der Waals surface area contributed by atoms with E-state index in [9.17, 15) is 0 Å². The largest absolute Gasteiger partial charge is 0.495 e. The Hall–Kier alpha value is 0.0300. The van der Waals surface area contributed by atoms with Gasteiger partial charge in [0.1, 0.15) is 5.75 Å². The second-order valence-electron chi connectivity index (χ2n) is 3.92. The van der Waals surface area contributed by atoms with Gasteiger partial charge in [-0.25, -0.2) is 0 Å². The van der Waals surface area contributed by atoms with Gasteiger partial charge < -0.3 is 4.74 Å². The highest BCUT2D eigenvalue weighted by Crippen LogP contribution is 2.41. The van der Waals surface area contributed by atoms with Crippen LogP contribution in [0.5, 0.6) is 5.75 Å². The standard InChI is InChI=1S/C14H10BrCl2IO/c1-19-14-11(6-9(16)7-12(14)15)13(17)8-2-4-10(18)5-3-8/h2-7,13H,1H3. The molecule has 0 saturated carbocycles. The molecule has 0 heterocycles. The van der Waals surface area contributed by atoms with E-state index in [0.29, 0.717) is 10.8 Å². The number of hydrogen-bond donors (Lipinski definition) is 0. The minimum absolute atomic E-state index is 0.304. The van der Waals surface area contributed by atoms with Gasteiger partial charge in [-0.15, -0.1) is 11.6 Å². The summed E-state index contributed by atoms with van der Waals surface area (Å²) < 4.78 is 7.38. The van der Waals surface area contributed by atoms with Crippen LogP contribution in [-0.2, 0) is 0 Å². The highest BCUT2D eigenvalue weighted by atomic mass is 127. The van der Waals surface area contributed by atoms with E-state index in [1.807, 2.05) is 30.3 Å². The molecule has 0 N–H and O–H groups in total. The molecular formula is C14H10BrCl2IO. The Kier molecular flexibility index (Phi) is 5.40. The van der Waals surface area contributed by atoms with Gasteiger partial charge in [-0.05, 0) is 68.3 Å². The van der Waals surface area contributed by atoms with Crippen LogP contribution in [0.2, 0.25) is 5.02 Å². The van der Waals surface area contributed by atoms with Crippen LogP contribution in [0.4, 0.5) is 0 Å². The Bertz CT molecular complexity index is 587. The Morgan fingerprint density at radius 2 is 1.84 bits per heavy atom. The van der Waals surface area contributed by atoms with Crippen molar-refractivity contribution in [3.05, 3.63) is 60.6 Å². The number of rotatable bonds is 3. The van der Waals surface area contributed by atoms with Gasteiger partial charge in [0.2, 0.25) is 0 Å². The maximum atomic E-state index is 6.55. The molecule has 0 aromatic heterocycles. The van der Waals surface area contributed by atoms with Crippen molar-refractivity contribution in [2.75, 3.05) is 7.11 Å². The van der Waals surface area contributed by atoms with Crippen LogP contribution in [-0.4, -0.2) is 7.11 Å². The van der Waals surface area contributed by atoms with E-state index in [-0.39, 0.29) is 5.38 Å². The summed E-state index contributed by atoms with van der Waals surface area (Å²) in [7, 11) is 1.62. The summed E-state index contributed by atoms with van der Waals surface area (Å²) in [5.74, 6) is 0.711. The molecule has 0 aliphatic heterocycles. The molecule has 19 heavy (non-hydrogen) atoms. The lowest BCUT2D eigenvalue weighted by atomic mass is 10.0. The first-order valence-electron chi connectivity index (χ1n) is 5.45. The van der Waals surface area contributed by atoms with Crippen LogP contribution in [0.15, 0.2) is 40.9 Å². The summed E-state index contributed by atoms with van der Waals surface area (Å²) in [6, 6.07) is 11.7. The SMILES string of the molecule is COc1c(Br)cc(Cl)cc1C(Cl)c1ccc(I)cc1. The Morgan fingerprint density at radius 3 is 2.42 bits per heavy atom. The van der Waals surface area contributed by atoms with E-state index >= 15 is 0 Å². The fraction of sp³-hybridized carbons (Fsp3) is 0.143. The Morgan fingerprint density at radius 1 is 1.21 bits per heavy atom. The molecule has 100 valence electrons. The smallest absolute Gasteiger partial charge is 0.138 e. The van der Waals surface area contributed by atoms with Gasteiger partial charge in [0.05, 0.1) is 17.0 Å². The molecule has 1 unspecified atom stereocenters. The van der Waals surface area contributed by atoms with Crippen molar-refractivity contribution < 1.29 is 4.74 Å². The molecule has 2 aromatic carbocycles. The van der Waals surface area contributed by atoms with Gasteiger partial charge in [-0.1, -0.05) is 23.7 Å². The quantitative estimate of drug-likeness (QED) is 0.391. The summed E-state index contributed by atoms with van der Waals surface area (Å²) >= 11 is 18.3. The van der Waals surface area contributed by atoms with Gasteiger partial charge in [0.15, 0.2) is 0 Å². The van der Waals surface area contributed by atoms with Crippen LogP contribution in [0.25, 0.3) is 0 Å². The minimum atomic E-state index is -0.304. The molecule has 0 bridgehead atoms. The average molecular weight is 472 g/mol. The van der Waals surface area contributed by atoms with Crippen molar-refractivity contribution in [1.29, 1.82) is 0 Å². The molecule has 0 spiro atoms. The third kappa shape index (κ3) is 3.57. The molecule has 0 aliphatic carbocycles. The summed E-state index contributed by atoms with van der Waals surface area (Å²) in [4.78, 5) is 0. The topological polar surface area (TPSA) is 9.23 Å². The van der Waals surface area contributed by atoms with E-state index < -0.39 is 0 Å². The van der Waals surface area contributed by atoms with E-state index in [1.54, 1.807) is 13.2 Å². The molecule has 0 aliphatic rings. The molecule has 1 nitrogen and oxygen atoms in total. The first-order valence-corrected chi connectivity index (χ1v) is 8.14. The minimum Gasteiger partial charge on any atom is -0.495 e. The van der Waals surface area contributed by atoms with Gasteiger partial charge in [-0.2, -0.15) is 0 Å².